The lowest BCUT2D eigenvalue weighted by Gasteiger charge is -2.12. The number of furan rings is 1. The summed E-state index contributed by atoms with van der Waals surface area (Å²) in [4.78, 5) is 24.5. The Kier molecular flexibility index (Phi) is 6.57. The molecule has 0 bridgehead atoms. The minimum absolute atomic E-state index is 0.0109. The molecule has 1 aliphatic rings. The van der Waals surface area contributed by atoms with Gasteiger partial charge in [-0.25, -0.2) is 0 Å². The number of thiocarbonyl (C=S) groups is 1. The zero-order chi connectivity index (χ0) is 20.8. The number of rotatable bonds is 9. The smallest absolute Gasteiger partial charge is 0.310 e. The lowest BCUT2D eigenvalue weighted by Crippen LogP contribution is -2.32. The Hall–Kier alpha value is -3.24. The Morgan fingerprint density at radius 3 is 2.86 bits per heavy atom. The summed E-state index contributed by atoms with van der Waals surface area (Å²) in [5.41, 5.74) is 0.192. The third-order valence-corrected chi connectivity index (χ3v) is 4.42. The number of para-hydroxylation sites is 2. The summed E-state index contributed by atoms with van der Waals surface area (Å²) in [5, 5.41) is 14.2. The first-order chi connectivity index (χ1) is 14.0. The molecule has 0 saturated carbocycles. The summed E-state index contributed by atoms with van der Waals surface area (Å²) in [6.07, 6.45) is 2.23. The minimum Gasteiger partial charge on any atom is -0.479 e. The van der Waals surface area contributed by atoms with Crippen LogP contribution in [0.15, 0.2) is 46.5 Å². The number of methoxy groups -OCH3 is 1. The molecule has 2 heterocycles. The van der Waals surface area contributed by atoms with Crippen LogP contribution < -0.4 is 10.1 Å². The molecule has 0 atom stereocenters. The fourth-order valence-corrected chi connectivity index (χ4v) is 3.00. The van der Waals surface area contributed by atoms with Gasteiger partial charge >= 0.3 is 5.69 Å². The van der Waals surface area contributed by atoms with Gasteiger partial charge < -0.3 is 19.2 Å². The van der Waals surface area contributed by atoms with Crippen LogP contribution in [0.5, 0.6) is 5.75 Å². The SMILES string of the molecule is COCCCN1C(=O)/C(=C\c2ccc(COc3ccccc3[N+](=O)[O-])o2)NC1=S. The average Bonchev–Trinajstić information content (AvgIpc) is 3.26. The molecule has 0 aliphatic carbocycles. The lowest BCUT2D eigenvalue weighted by molar-refractivity contribution is -0.386. The Morgan fingerprint density at radius 1 is 1.31 bits per heavy atom. The highest BCUT2D eigenvalue weighted by Crippen LogP contribution is 2.27. The summed E-state index contributed by atoms with van der Waals surface area (Å²) in [7, 11) is 1.60. The summed E-state index contributed by atoms with van der Waals surface area (Å²) in [6.45, 7) is 1.01. The first-order valence-corrected chi connectivity index (χ1v) is 9.19. The van der Waals surface area contributed by atoms with Crippen molar-refractivity contribution in [1.82, 2.24) is 10.2 Å². The topological polar surface area (TPSA) is 107 Å². The van der Waals surface area contributed by atoms with Crippen molar-refractivity contribution >= 4 is 35.0 Å². The standard InChI is InChI=1S/C19H19N3O6S/c1-26-10-4-9-21-18(23)15(20-19(21)29)11-13-7-8-14(28-13)12-27-17-6-3-2-5-16(17)22(24)25/h2-3,5-8,11H,4,9-10,12H2,1H3,(H,20,29)/b15-11+. The number of hydrogen-bond acceptors (Lipinski definition) is 7. The fourth-order valence-electron chi connectivity index (χ4n) is 2.71. The van der Waals surface area contributed by atoms with Gasteiger partial charge in [0.25, 0.3) is 5.91 Å². The van der Waals surface area contributed by atoms with Gasteiger partial charge in [0, 0.05) is 32.4 Å². The van der Waals surface area contributed by atoms with Crippen LogP contribution in [0.3, 0.4) is 0 Å². The van der Waals surface area contributed by atoms with Crippen LogP contribution in [0.4, 0.5) is 5.69 Å². The summed E-state index contributed by atoms with van der Waals surface area (Å²) in [5.74, 6) is 0.808. The number of amides is 1. The Balaban J connectivity index is 1.64. The first kappa shape index (κ1) is 20.5. The van der Waals surface area contributed by atoms with Crippen molar-refractivity contribution in [2.24, 2.45) is 0 Å². The maximum atomic E-state index is 12.5. The molecule has 2 aromatic rings. The quantitative estimate of drug-likeness (QED) is 0.218. The average molecular weight is 417 g/mol. The molecule has 1 aliphatic heterocycles. The molecule has 3 rings (SSSR count). The van der Waals surface area contributed by atoms with E-state index in [1.165, 1.54) is 17.0 Å². The van der Waals surface area contributed by atoms with E-state index < -0.39 is 4.92 Å². The maximum Gasteiger partial charge on any atom is 0.310 e. The van der Waals surface area contributed by atoms with Gasteiger partial charge in [-0.2, -0.15) is 0 Å². The second kappa shape index (κ2) is 9.30. The molecule has 1 aromatic heterocycles. The van der Waals surface area contributed by atoms with E-state index in [0.29, 0.717) is 41.9 Å². The van der Waals surface area contributed by atoms with Crippen LogP contribution in [-0.4, -0.2) is 41.1 Å². The van der Waals surface area contributed by atoms with Crippen LogP contribution in [0, 0.1) is 10.1 Å². The van der Waals surface area contributed by atoms with Gasteiger partial charge in [-0.3, -0.25) is 19.8 Å². The van der Waals surface area contributed by atoms with E-state index in [-0.39, 0.29) is 24.0 Å². The predicted molar refractivity (Wildman–Crippen MR) is 108 cm³/mol. The molecule has 10 heteroatoms. The molecule has 1 aromatic carbocycles. The number of hydrogen-bond donors (Lipinski definition) is 1. The Morgan fingerprint density at radius 2 is 2.10 bits per heavy atom. The van der Waals surface area contributed by atoms with Gasteiger partial charge in [0.2, 0.25) is 0 Å². The molecule has 29 heavy (non-hydrogen) atoms. The molecule has 0 radical (unpaired) electrons. The molecule has 1 fully saturated rings. The van der Waals surface area contributed by atoms with Crippen LogP contribution in [0.25, 0.3) is 6.08 Å². The van der Waals surface area contributed by atoms with Crippen molar-refractivity contribution in [3.05, 3.63) is 63.7 Å². The Bertz CT molecular complexity index is 955. The van der Waals surface area contributed by atoms with E-state index in [1.54, 1.807) is 37.5 Å². The monoisotopic (exact) mass is 417 g/mol. The van der Waals surface area contributed by atoms with Gasteiger partial charge in [-0.1, -0.05) is 12.1 Å². The maximum absolute atomic E-state index is 12.5. The van der Waals surface area contributed by atoms with Crippen LogP contribution in [-0.2, 0) is 16.1 Å². The third-order valence-electron chi connectivity index (χ3n) is 4.09. The second-order valence-corrected chi connectivity index (χ2v) is 6.50. The van der Waals surface area contributed by atoms with Gasteiger partial charge in [-0.05, 0) is 36.8 Å². The van der Waals surface area contributed by atoms with Crippen molar-refractivity contribution in [2.75, 3.05) is 20.3 Å². The van der Waals surface area contributed by atoms with E-state index in [9.17, 15) is 14.9 Å². The highest BCUT2D eigenvalue weighted by atomic mass is 32.1. The molecular weight excluding hydrogens is 398 g/mol. The second-order valence-electron chi connectivity index (χ2n) is 6.11. The number of nitrogens with zero attached hydrogens (tertiary/aromatic N) is 2. The van der Waals surface area contributed by atoms with E-state index >= 15 is 0 Å². The number of nitrogens with one attached hydrogen (secondary N) is 1. The molecule has 152 valence electrons. The molecule has 0 unspecified atom stereocenters. The number of nitro benzene ring substituents is 1. The van der Waals surface area contributed by atoms with Gasteiger partial charge in [0.1, 0.15) is 23.8 Å². The van der Waals surface area contributed by atoms with Crippen LogP contribution in [0.2, 0.25) is 0 Å². The van der Waals surface area contributed by atoms with E-state index in [0.717, 1.165) is 0 Å². The summed E-state index contributed by atoms with van der Waals surface area (Å²) >= 11 is 5.20. The van der Waals surface area contributed by atoms with Crippen molar-refractivity contribution in [2.45, 2.75) is 13.0 Å². The van der Waals surface area contributed by atoms with E-state index in [1.807, 2.05) is 0 Å². The van der Waals surface area contributed by atoms with Crippen molar-refractivity contribution < 1.29 is 23.6 Å². The number of carbonyl (C=O) groups excluding carboxylic acids is 1. The largest absolute Gasteiger partial charge is 0.479 e. The Labute approximate surface area is 172 Å². The molecule has 1 amide bonds. The minimum atomic E-state index is -0.508. The lowest BCUT2D eigenvalue weighted by atomic mass is 10.3. The van der Waals surface area contributed by atoms with Gasteiger partial charge in [0.05, 0.1) is 4.92 Å². The normalized spacial score (nSPS) is 15.1. The molecular formula is C19H19N3O6S. The van der Waals surface area contributed by atoms with Crippen molar-refractivity contribution in [3.8, 4) is 5.75 Å². The van der Waals surface area contributed by atoms with E-state index in [2.05, 4.69) is 5.32 Å². The number of ether oxygens (including phenoxy) is 2. The zero-order valence-corrected chi connectivity index (χ0v) is 16.4. The van der Waals surface area contributed by atoms with Gasteiger partial charge in [0.15, 0.2) is 10.9 Å². The van der Waals surface area contributed by atoms with Crippen molar-refractivity contribution in [1.29, 1.82) is 0 Å². The molecule has 1 saturated heterocycles. The number of carbonyl (C=O) groups is 1. The first-order valence-electron chi connectivity index (χ1n) is 8.78. The molecule has 0 spiro atoms. The van der Waals surface area contributed by atoms with Gasteiger partial charge in [-0.15, -0.1) is 0 Å². The van der Waals surface area contributed by atoms with Crippen LogP contribution >= 0.6 is 12.2 Å². The molecule has 1 N–H and O–H groups in total. The zero-order valence-electron chi connectivity index (χ0n) is 15.6. The summed E-state index contributed by atoms with van der Waals surface area (Å²) in [6, 6.07) is 9.46. The number of nitro groups is 1. The fraction of sp³-hybridized carbons (Fsp3) is 0.263. The highest BCUT2D eigenvalue weighted by molar-refractivity contribution is 7.80. The molecule has 9 nitrogen and oxygen atoms in total. The van der Waals surface area contributed by atoms with E-state index in [4.69, 9.17) is 26.1 Å². The third kappa shape index (κ3) is 4.98. The highest BCUT2D eigenvalue weighted by Gasteiger charge is 2.30. The number of benzene rings is 1. The van der Waals surface area contributed by atoms with Crippen LogP contribution in [0.1, 0.15) is 17.9 Å². The predicted octanol–water partition coefficient (Wildman–Crippen LogP) is 2.86. The van der Waals surface area contributed by atoms with Crippen molar-refractivity contribution in [3.63, 3.8) is 0 Å². The summed E-state index contributed by atoms with van der Waals surface area (Å²) < 4.78 is 16.1.